The highest BCUT2D eigenvalue weighted by molar-refractivity contribution is 5.90. The van der Waals surface area contributed by atoms with Gasteiger partial charge < -0.3 is 15.5 Å². The van der Waals surface area contributed by atoms with Gasteiger partial charge in [-0.15, -0.1) is 0 Å². The van der Waals surface area contributed by atoms with Crippen LogP contribution in [0.2, 0.25) is 0 Å². The maximum Gasteiger partial charge on any atom is 0.435 e. The van der Waals surface area contributed by atoms with Crippen LogP contribution in [0.5, 0.6) is 0 Å². The number of rotatable bonds is 10. The lowest BCUT2D eigenvalue weighted by Crippen LogP contribution is -2.55. The first-order valence-corrected chi connectivity index (χ1v) is 12.7. The first kappa shape index (κ1) is 29.2. The van der Waals surface area contributed by atoms with Crippen molar-refractivity contribution in [3.8, 4) is 11.3 Å². The van der Waals surface area contributed by atoms with E-state index in [1.807, 2.05) is 0 Å². The van der Waals surface area contributed by atoms with E-state index in [1.165, 1.54) is 24.7 Å². The molecule has 1 saturated carbocycles. The number of halogens is 5. The Bertz CT molecular complexity index is 1300. The molecule has 1 unspecified atom stereocenters. The van der Waals surface area contributed by atoms with Gasteiger partial charge in [0.05, 0.1) is 17.8 Å². The van der Waals surface area contributed by atoms with Crippen molar-refractivity contribution in [2.45, 2.75) is 70.9 Å². The number of aromatic nitrogens is 4. The lowest BCUT2D eigenvalue weighted by molar-refractivity contribution is -0.141. The Kier molecular flexibility index (Phi) is 8.26. The second kappa shape index (κ2) is 11.3. The van der Waals surface area contributed by atoms with Crippen molar-refractivity contribution in [3.63, 3.8) is 0 Å². The van der Waals surface area contributed by atoms with Gasteiger partial charge in [-0.25, -0.2) is 9.97 Å². The summed E-state index contributed by atoms with van der Waals surface area (Å²) in [5, 5.41) is 9.23. The fourth-order valence-electron chi connectivity index (χ4n) is 4.24. The molecular formula is C26H30F5N7O2. The number of carbonyl (C=O) groups is 2. The first-order valence-electron chi connectivity index (χ1n) is 12.7. The fraction of sp³-hybridized carbons (Fsp3) is 0.500. The van der Waals surface area contributed by atoms with Gasteiger partial charge in [0, 0.05) is 43.0 Å². The van der Waals surface area contributed by atoms with Gasteiger partial charge in [-0.3, -0.25) is 14.3 Å². The third-order valence-electron chi connectivity index (χ3n) is 6.41. The van der Waals surface area contributed by atoms with Crippen LogP contribution in [0.1, 0.15) is 44.6 Å². The summed E-state index contributed by atoms with van der Waals surface area (Å²) in [5.74, 6) is -0.684. The molecule has 4 rings (SSSR count). The Morgan fingerprint density at radius 1 is 1.15 bits per heavy atom. The first-order chi connectivity index (χ1) is 18.7. The van der Waals surface area contributed by atoms with Crippen molar-refractivity contribution in [1.29, 1.82) is 0 Å². The van der Waals surface area contributed by atoms with Crippen LogP contribution in [0.25, 0.3) is 11.3 Å². The fourth-order valence-corrected chi connectivity index (χ4v) is 4.24. The normalized spacial score (nSPS) is 16.6. The van der Waals surface area contributed by atoms with Gasteiger partial charge in [0.25, 0.3) is 0 Å². The van der Waals surface area contributed by atoms with E-state index < -0.39 is 35.9 Å². The van der Waals surface area contributed by atoms with E-state index in [0.29, 0.717) is 29.8 Å². The minimum Gasteiger partial charge on any atom is -0.348 e. The smallest absolute Gasteiger partial charge is 0.348 e. The van der Waals surface area contributed by atoms with Crippen LogP contribution in [0.4, 0.5) is 22.0 Å². The number of allylic oxidation sites excluding steroid dienone is 1. The third kappa shape index (κ3) is 7.42. The van der Waals surface area contributed by atoms with Crippen LogP contribution in [-0.2, 0) is 22.3 Å². The van der Waals surface area contributed by atoms with Gasteiger partial charge in [-0.1, -0.05) is 12.2 Å². The van der Waals surface area contributed by atoms with Crippen LogP contribution in [0.3, 0.4) is 0 Å². The summed E-state index contributed by atoms with van der Waals surface area (Å²) < 4.78 is 68.1. The molecule has 14 heteroatoms. The molecule has 1 atom stereocenters. The maximum atomic E-state index is 13.5. The zero-order valence-corrected chi connectivity index (χ0v) is 22.2. The molecule has 1 aliphatic carbocycles. The number of alkyl halides is 5. The van der Waals surface area contributed by atoms with E-state index in [9.17, 15) is 31.5 Å². The maximum absolute atomic E-state index is 13.5. The molecule has 1 aliphatic heterocycles. The summed E-state index contributed by atoms with van der Waals surface area (Å²) in [5.41, 5.74) is -1.41. The topological polar surface area (TPSA) is 105 Å². The lowest BCUT2D eigenvalue weighted by atomic mass is 10.0. The van der Waals surface area contributed by atoms with Crippen molar-refractivity contribution in [3.05, 3.63) is 53.9 Å². The molecule has 40 heavy (non-hydrogen) atoms. The van der Waals surface area contributed by atoms with Crippen molar-refractivity contribution in [1.82, 2.24) is 35.3 Å². The van der Waals surface area contributed by atoms with Crippen LogP contribution in [-0.4, -0.2) is 61.1 Å². The molecule has 3 heterocycles. The summed E-state index contributed by atoms with van der Waals surface area (Å²) in [6.07, 6.45) is 3.81. The van der Waals surface area contributed by atoms with E-state index in [1.54, 1.807) is 26.8 Å². The Morgan fingerprint density at radius 2 is 1.82 bits per heavy atom. The third-order valence-corrected chi connectivity index (χ3v) is 6.41. The number of hydrogen-bond acceptors (Lipinski definition) is 6. The second-order valence-electron chi connectivity index (χ2n) is 10.6. The standard InChI is InChI=1S/C26H30F5N7O2/c1-15-32-11-18(12-33-15)20-10-21(26(29,30)31)36-38(20)14-25(2,3)35-23(40)19(34-22(39)17-6-7-17)9-16-5-4-8-37(13-16)24(27)28/h4-5,10-13,17,19,24H,6-9,14H2,1-3H3,(H,34,39)(H,35,40). The number of nitrogens with zero attached hydrogens (tertiary/aromatic N) is 5. The highest BCUT2D eigenvalue weighted by Gasteiger charge is 2.37. The average Bonchev–Trinajstić information content (AvgIpc) is 3.64. The SMILES string of the molecule is Cc1ncc(-c2cc(C(F)(F)F)nn2CC(C)(C)NC(=O)C(CC2=CN(C(F)F)CC=C2)NC(=O)C2CC2)cn1. The number of hydrogen-bond donors (Lipinski definition) is 2. The summed E-state index contributed by atoms with van der Waals surface area (Å²) in [7, 11) is 0. The van der Waals surface area contributed by atoms with Gasteiger partial charge in [0.2, 0.25) is 11.8 Å². The zero-order valence-electron chi connectivity index (χ0n) is 22.2. The highest BCUT2D eigenvalue weighted by atomic mass is 19.4. The molecule has 0 saturated heterocycles. The van der Waals surface area contributed by atoms with E-state index in [4.69, 9.17) is 0 Å². The average molecular weight is 568 g/mol. The molecule has 0 radical (unpaired) electrons. The number of carbonyl (C=O) groups excluding carboxylic acids is 2. The molecule has 2 N–H and O–H groups in total. The molecule has 2 aliphatic rings. The van der Waals surface area contributed by atoms with Gasteiger partial charge in [-0.2, -0.15) is 27.1 Å². The van der Waals surface area contributed by atoms with Crippen LogP contribution < -0.4 is 10.6 Å². The van der Waals surface area contributed by atoms with E-state index in [2.05, 4.69) is 25.7 Å². The Labute approximate surface area is 227 Å². The van der Waals surface area contributed by atoms with Gasteiger partial charge in [0.1, 0.15) is 11.9 Å². The van der Waals surface area contributed by atoms with Crippen LogP contribution >= 0.6 is 0 Å². The van der Waals surface area contributed by atoms with Gasteiger partial charge >= 0.3 is 12.7 Å². The van der Waals surface area contributed by atoms with Gasteiger partial charge in [-0.05, 0) is 45.3 Å². The quantitative estimate of drug-likeness (QED) is 0.334. The summed E-state index contributed by atoms with van der Waals surface area (Å²) >= 11 is 0. The highest BCUT2D eigenvalue weighted by Crippen LogP contribution is 2.32. The van der Waals surface area contributed by atoms with Crippen molar-refractivity contribution in [2.24, 2.45) is 5.92 Å². The molecule has 2 amide bonds. The summed E-state index contributed by atoms with van der Waals surface area (Å²) in [4.78, 5) is 34.8. The summed E-state index contributed by atoms with van der Waals surface area (Å²) in [6.45, 7) is 1.97. The van der Waals surface area contributed by atoms with E-state index >= 15 is 0 Å². The number of amides is 2. The van der Waals surface area contributed by atoms with Crippen molar-refractivity contribution < 1.29 is 31.5 Å². The van der Waals surface area contributed by atoms with Gasteiger partial charge in [0.15, 0.2) is 5.69 Å². The van der Waals surface area contributed by atoms with Crippen LogP contribution in [0, 0.1) is 12.8 Å². The van der Waals surface area contributed by atoms with Crippen LogP contribution in [0.15, 0.2) is 42.4 Å². The van der Waals surface area contributed by atoms with Crippen molar-refractivity contribution in [2.75, 3.05) is 6.54 Å². The molecule has 2 aromatic heterocycles. The Morgan fingerprint density at radius 3 is 2.42 bits per heavy atom. The number of nitrogens with one attached hydrogen (secondary N) is 2. The molecule has 1 fully saturated rings. The van der Waals surface area contributed by atoms with E-state index in [-0.39, 0.29) is 37.0 Å². The molecule has 216 valence electrons. The number of aryl methyl sites for hydroxylation is 1. The molecule has 2 aromatic rings. The largest absolute Gasteiger partial charge is 0.435 e. The zero-order chi connectivity index (χ0) is 29.2. The monoisotopic (exact) mass is 567 g/mol. The predicted octanol–water partition coefficient (Wildman–Crippen LogP) is 3.83. The molecular weight excluding hydrogens is 537 g/mol. The molecule has 0 bridgehead atoms. The lowest BCUT2D eigenvalue weighted by Gasteiger charge is -2.30. The van der Waals surface area contributed by atoms with E-state index in [0.717, 1.165) is 15.6 Å². The predicted molar refractivity (Wildman–Crippen MR) is 134 cm³/mol. The minimum atomic E-state index is -4.70. The summed E-state index contributed by atoms with van der Waals surface area (Å²) in [6, 6.07) is -0.199. The molecule has 0 aromatic carbocycles. The Balaban J connectivity index is 1.55. The molecule has 0 spiro atoms. The molecule has 9 nitrogen and oxygen atoms in total. The van der Waals surface area contributed by atoms with Crippen molar-refractivity contribution >= 4 is 11.8 Å². The Hall–Kier alpha value is -3.84. The second-order valence-corrected chi connectivity index (χ2v) is 10.6. The minimum absolute atomic E-state index is 0.0115.